The molecule has 0 spiro atoms. The third-order valence-electron chi connectivity index (χ3n) is 4.06. The van der Waals surface area contributed by atoms with Crippen molar-refractivity contribution < 1.29 is 13.2 Å². The van der Waals surface area contributed by atoms with Gasteiger partial charge < -0.3 is 10.6 Å². The Hall–Kier alpha value is -1.60. The van der Waals surface area contributed by atoms with Crippen LogP contribution in [0.2, 0.25) is 0 Å². The zero-order chi connectivity index (χ0) is 16.3. The summed E-state index contributed by atoms with van der Waals surface area (Å²) in [6.07, 6.45) is 1.59. The van der Waals surface area contributed by atoms with Crippen molar-refractivity contribution in [1.82, 2.24) is 4.90 Å². The van der Waals surface area contributed by atoms with Crippen LogP contribution in [0.4, 0.5) is 5.69 Å². The van der Waals surface area contributed by atoms with Gasteiger partial charge in [-0.2, -0.15) is 0 Å². The standard InChI is InChI=1S/C15H23N3O3S/c1-12(11-15(16)19)17-7-9-18(10-8-17)13-3-5-14(6-4-13)22(2,20)21/h3-6,12H,7-11H2,1-2H3,(H2,16,19). The van der Waals surface area contributed by atoms with E-state index in [-0.39, 0.29) is 11.9 Å². The number of sulfone groups is 1. The topological polar surface area (TPSA) is 83.7 Å². The predicted octanol–water partition coefficient (Wildman–Crippen LogP) is 0.476. The number of primary amides is 1. The van der Waals surface area contributed by atoms with E-state index in [4.69, 9.17) is 5.73 Å². The van der Waals surface area contributed by atoms with Gasteiger partial charge in [0.25, 0.3) is 0 Å². The molecule has 1 atom stereocenters. The van der Waals surface area contributed by atoms with Gasteiger partial charge in [0.15, 0.2) is 9.84 Å². The average molecular weight is 325 g/mol. The second kappa shape index (κ2) is 6.66. The zero-order valence-electron chi connectivity index (χ0n) is 13.0. The van der Waals surface area contributed by atoms with Crippen molar-refractivity contribution >= 4 is 21.4 Å². The van der Waals surface area contributed by atoms with Crippen LogP contribution in [0, 0.1) is 0 Å². The van der Waals surface area contributed by atoms with Gasteiger partial charge in [-0.1, -0.05) is 0 Å². The molecule has 0 aliphatic carbocycles. The maximum Gasteiger partial charge on any atom is 0.218 e. The molecule has 1 aromatic rings. The van der Waals surface area contributed by atoms with E-state index >= 15 is 0 Å². The van der Waals surface area contributed by atoms with E-state index in [0.717, 1.165) is 31.9 Å². The molecule has 0 radical (unpaired) electrons. The molecule has 1 aliphatic rings. The maximum atomic E-state index is 11.5. The average Bonchev–Trinajstić information content (AvgIpc) is 2.46. The third-order valence-corrected chi connectivity index (χ3v) is 5.19. The second-order valence-electron chi connectivity index (χ2n) is 5.81. The molecule has 122 valence electrons. The summed E-state index contributed by atoms with van der Waals surface area (Å²) >= 11 is 0. The molecule has 1 fully saturated rings. The largest absolute Gasteiger partial charge is 0.370 e. The molecule has 1 saturated heterocycles. The molecule has 0 aromatic heterocycles. The van der Waals surface area contributed by atoms with Gasteiger partial charge >= 0.3 is 0 Å². The van der Waals surface area contributed by atoms with Crippen molar-refractivity contribution in [2.75, 3.05) is 37.3 Å². The monoisotopic (exact) mass is 325 g/mol. The number of nitrogens with two attached hydrogens (primary N) is 1. The lowest BCUT2D eigenvalue weighted by Crippen LogP contribution is -2.50. The molecule has 1 unspecified atom stereocenters. The van der Waals surface area contributed by atoms with E-state index in [2.05, 4.69) is 9.80 Å². The highest BCUT2D eigenvalue weighted by molar-refractivity contribution is 7.90. The molecule has 7 heteroatoms. The van der Waals surface area contributed by atoms with E-state index in [9.17, 15) is 13.2 Å². The number of anilines is 1. The van der Waals surface area contributed by atoms with Gasteiger partial charge in [-0.05, 0) is 31.2 Å². The van der Waals surface area contributed by atoms with Crippen LogP contribution in [0.3, 0.4) is 0 Å². The van der Waals surface area contributed by atoms with Crippen LogP contribution >= 0.6 is 0 Å². The smallest absolute Gasteiger partial charge is 0.218 e. The molecule has 1 aromatic carbocycles. The molecular weight excluding hydrogens is 302 g/mol. The van der Waals surface area contributed by atoms with Crippen molar-refractivity contribution in [2.45, 2.75) is 24.3 Å². The van der Waals surface area contributed by atoms with E-state index < -0.39 is 9.84 Å². The van der Waals surface area contributed by atoms with Gasteiger partial charge in [0, 0.05) is 50.6 Å². The summed E-state index contributed by atoms with van der Waals surface area (Å²) in [6, 6.07) is 7.14. The van der Waals surface area contributed by atoms with Crippen LogP contribution < -0.4 is 10.6 Å². The van der Waals surface area contributed by atoms with Crippen molar-refractivity contribution in [2.24, 2.45) is 5.73 Å². The number of hydrogen-bond donors (Lipinski definition) is 1. The normalized spacial score (nSPS) is 18.2. The number of piperazine rings is 1. The number of amides is 1. The fourth-order valence-electron chi connectivity index (χ4n) is 2.75. The SMILES string of the molecule is CC(CC(N)=O)N1CCN(c2ccc(S(C)(=O)=O)cc2)CC1. The zero-order valence-corrected chi connectivity index (χ0v) is 13.8. The third kappa shape index (κ3) is 4.20. The fourth-order valence-corrected chi connectivity index (χ4v) is 3.38. The van der Waals surface area contributed by atoms with Crippen molar-refractivity contribution in [1.29, 1.82) is 0 Å². The van der Waals surface area contributed by atoms with Crippen LogP contribution in [-0.4, -0.2) is 57.7 Å². The first-order valence-corrected chi connectivity index (χ1v) is 9.24. The number of carbonyl (C=O) groups excluding carboxylic acids is 1. The van der Waals surface area contributed by atoms with Gasteiger partial charge in [-0.15, -0.1) is 0 Å². The van der Waals surface area contributed by atoms with Crippen LogP contribution in [0.25, 0.3) is 0 Å². The molecule has 6 nitrogen and oxygen atoms in total. The number of rotatable bonds is 5. The van der Waals surface area contributed by atoms with Gasteiger partial charge in [0.1, 0.15) is 0 Å². The molecule has 1 aliphatic heterocycles. The highest BCUT2D eigenvalue weighted by Gasteiger charge is 2.22. The summed E-state index contributed by atoms with van der Waals surface area (Å²) in [5.74, 6) is -0.272. The summed E-state index contributed by atoms with van der Waals surface area (Å²) < 4.78 is 22.9. The Morgan fingerprint density at radius 3 is 2.18 bits per heavy atom. The van der Waals surface area contributed by atoms with Crippen LogP contribution in [0.1, 0.15) is 13.3 Å². The summed E-state index contributed by atoms with van der Waals surface area (Å²) in [5.41, 5.74) is 6.27. The minimum atomic E-state index is -3.15. The minimum Gasteiger partial charge on any atom is -0.370 e. The fraction of sp³-hybridized carbons (Fsp3) is 0.533. The lowest BCUT2D eigenvalue weighted by Gasteiger charge is -2.38. The van der Waals surface area contributed by atoms with Gasteiger partial charge in [-0.3, -0.25) is 9.69 Å². The molecule has 2 N–H and O–H groups in total. The second-order valence-corrected chi connectivity index (χ2v) is 7.82. The molecule has 22 heavy (non-hydrogen) atoms. The summed E-state index contributed by atoms with van der Waals surface area (Å²) in [6.45, 7) is 5.44. The quantitative estimate of drug-likeness (QED) is 0.851. The Morgan fingerprint density at radius 2 is 1.73 bits per heavy atom. The number of benzene rings is 1. The Balaban J connectivity index is 1.95. The Morgan fingerprint density at radius 1 is 1.18 bits per heavy atom. The summed E-state index contributed by atoms with van der Waals surface area (Å²) in [7, 11) is -3.15. The molecule has 2 rings (SSSR count). The predicted molar refractivity (Wildman–Crippen MR) is 86.6 cm³/mol. The van der Waals surface area contributed by atoms with E-state index in [1.54, 1.807) is 12.1 Å². The first-order valence-electron chi connectivity index (χ1n) is 7.35. The molecular formula is C15H23N3O3S. The van der Waals surface area contributed by atoms with Crippen LogP contribution in [0.15, 0.2) is 29.2 Å². The Labute approximate surface area is 131 Å². The minimum absolute atomic E-state index is 0.160. The van der Waals surface area contributed by atoms with E-state index in [1.165, 1.54) is 6.26 Å². The molecule has 1 amide bonds. The van der Waals surface area contributed by atoms with E-state index in [1.807, 2.05) is 19.1 Å². The summed E-state index contributed by atoms with van der Waals surface area (Å²) in [4.78, 5) is 15.8. The molecule has 1 heterocycles. The number of hydrogen-bond acceptors (Lipinski definition) is 5. The van der Waals surface area contributed by atoms with Crippen LogP contribution in [-0.2, 0) is 14.6 Å². The van der Waals surface area contributed by atoms with Crippen molar-refractivity contribution in [3.8, 4) is 0 Å². The first kappa shape index (κ1) is 16.8. The number of carbonyl (C=O) groups is 1. The van der Waals surface area contributed by atoms with Crippen LogP contribution in [0.5, 0.6) is 0 Å². The van der Waals surface area contributed by atoms with E-state index in [0.29, 0.717) is 11.3 Å². The lowest BCUT2D eigenvalue weighted by molar-refractivity contribution is -0.119. The highest BCUT2D eigenvalue weighted by atomic mass is 32.2. The van der Waals surface area contributed by atoms with Crippen molar-refractivity contribution in [3.63, 3.8) is 0 Å². The first-order chi connectivity index (χ1) is 10.3. The van der Waals surface area contributed by atoms with Crippen molar-refractivity contribution in [3.05, 3.63) is 24.3 Å². The Kier molecular flexibility index (Phi) is 5.08. The molecule has 0 saturated carbocycles. The lowest BCUT2D eigenvalue weighted by atomic mass is 10.1. The van der Waals surface area contributed by atoms with Gasteiger partial charge in [0.2, 0.25) is 5.91 Å². The molecule has 0 bridgehead atoms. The Bertz CT molecular complexity index is 620. The number of nitrogens with zero attached hydrogens (tertiary/aromatic N) is 2. The van der Waals surface area contributed by atoms with Gasteiger partial charge in [-0.25, -0.2) is 8.42 Å². The summed E-state index contributed by atoms with van der Waals surface area (Å²) in [5, 5.41) is 0. The van der Waals surface area contributed by atoms with Gasteiger partial charge in [0.05, 0.1) is 4.90 Å². The highest BCUT2D eigenvalue weighted by Crippen LogP contribution is 2.20. The maximum absolute atomic E-state index is 11.5.